The summed E-state index contributed by atoms with van der Waals surface area (Å²) in [6.07, 6.45) is 0.499. The first-order valence-corrected chi connectivity index (χ1v) is 4.44. The van der Waals surface area contributed by atoms with Gasteiger partial charge in [0, 0.05) is 6.54 Å². The van der Waals surface area contributed by atoms with Gasteiger partial charge in [-0.2, -0.15) is 0 Å². The predicted octanol–water partition coefficient (Wildman–Crippen LogP) is 1.39. The molecule has 4 heteroatoms. The van der Waals surface area contributed by atoms with Crippen LogP contribution < -0.4 is 5.32 Å². The Kier molecular flexibility index (Phi) is 4.43. The number of carbonyl (C=O) groups is 1. The maximum absolute atomic E-state index is 10.9. The van der Waals surface area contributed by atoms with E-state index in [9.17, 15) is 4.79 Å². The van der Waals surface area contributed by atoms with Gasteiger partial charge in [-0.25, -0.2) is 4.79 Å². The summed E-state index contributed by atoms with van der Waals surface area (Å²) < 4.78 is 4.98. The predicted molar refractivity (Wildman–Crippen MR) is 48.8 cm³/mol. The summed E-state index contributed by atoms with van der Waals surface area (Å²) in [5, 5.41) is 2.61. The van der Waals surface area contributed by atoms with Crippen molar-refractivity contribution >= 4 is 15.3 Å². The van der Waals surface area contributed by atoms with Gasteiger partial charge in [0.15, 0.2) is 0 Å². The summed E-state index contributed by atoms with van der Waals surface area (Å²) in [6.45, 7) is 6.16. The fraction of sp³-hybridized carbons (Fsp3) is 0.857. The molecule has 0 spiro atoms. The molecule has 0 fully saturated rings. The number of rotatable bonds is 2. The highest BCUT2D eigenvalue weighted by molar-refractivity contribution is 7.16. The Bertz CT molecular complexity index is 131. The standard InChI is InChI=1S/C7H16NO2P/c1-7(2,3)10-6(9)8-4-5-11/h4-5,11H2,1-3H3,(H,8,9). The molecule has 1 N–H and O–H groups in total. The number of alkyl carbamates (subject to hydrolysis) is 1. The molecule has 0 rings (SSSR count). The Balaban J connectivity index is 3.53. The Hall–Kier alpha value is -0.300. The first-order chi connectivity index (χ1) is 4.95. The van der Waals surface area contributed by atoms with E-state index in [1.807, 2.05) is 20.8 Å². The van der Waals surface area contributed by atoms with Crippen LogP contribution in [0.25, 0.3) is 0 Å². The van der Waals surface area contributed by atoms with E-state index in [-0.39, 0.29) is 6.09 Å². The molecule has 0 aliphatic rings. The highest BCUT2D eigenvalue weighted by atomic mass is 31.0. The normalized spacial score (nSPS) is 10.9. The number of hydrogen-bond donors (Lipinski definition) is 1. The molecule has 11 heavy (non-hydrogen) atoms. The van der Waals surface area contributed by atoms with Crippen LogP contribution in [0, 0.1) is 0 Å². The van der Waals surface area contributed by atoms with Crippen molar-refractivity contribution < 1.29 is 9.53 Å². The Labute approximate surface area is 70.1 Å². The van der Waals surface area contributed by atoms with Crippen molar-refractivity contribution in [2.75, 3.05) is 12.7 Å². The Morgan fingerprint density at radius 1 is 1.55 bits per heavy atom. The van der Waals surface area contributed by atoms with Crippen LogP contribution in [-0.4, -0.2) is 24.4 Å². The number of carbonyl (C=O) groups excluding carboxylic acids is 1. The monoisotopic (exact) mass is 177 g/mol. The molecule has 0 saturated heterocycles. The average Bonchev–Trinajstić information content (AvgIpc) is 1.79. The van der Waals surface area contributed by atoms with Gasteiger partial charge in [-0.1, -0.05) is 0 Å². The molecule has 1 unspecified atom stereocenters. The quantitative estimate of drug-likeness (QED) is 0.647. The molecule has 1 atom stereocenters. The SMILES string of the molecule is CC(C)(C)OC(=O)NCCP. The fourth-order valence-corrected chi connectivity index (χ4v) is 0.633. The first kappa shape index (κ1) is 10.7. The van der Waals surface area contributed by atoms with Crippen LogP contribution in [0.15, 0.2) is 0 Å². The third-order valence-corrected chi connectivity index (χ3v) is 1.10. The van der Waals surface area contributed by atoms with Crippen LogP contribution in [0.5, 0.6) is 0 Å². The molecule has 0 heterocycles. The van der Waals surface area contributed by atoms with Crippen molar-refractivity contribution in [2.24, 2.45) is 0 Å². The van der Waals surface area contributed by atoms with Crippen LogP contribution in [-0.2, 0) is 4.74 Å². The van der Waals surface area contributed by atoms with Crippen LogP contribution in [0.2, 0.25) is 0 Å². The summed E-state index contributed by atoms with van der Waals surface area (Å²) >= 11 is 0. The molecule has 1 amide bonds. The lowest BCUT2D eigenvalue weighted by molar-refractivity contribution is 0.0531. The molecule has 0 radical (unpaired) electrons. The summed E-state index contributed by atoms with van der Waals surface area (Å²) in [4.78, 5) is 10.9. The molecule has 0 saturated carbocycles. The lowest BCUT2D eigenvalue weighted by Crippen LogP contribution is -2.33. The van der Waals surface area contributed by atoms with Gasteiger partial charge in [-0.05, 0) is 26.9 Å². The summed E-state index contributed by atoms with van der Waals surface area (Å²) in [7, 11) is 2.53. The second kappa shape index (κ2) is 4.55. The van der Waals surface area contributed by atoms with E-state index < -0.39 is 5.60 Å². The number of ether oxygens (including phenoxy) is 1. The molecular formula is C7H16NO2P. The van der Waals surface area contributed by atoms with Gasteiger partial charge in [0.2, 0.25) is 0 Å². The van der Waals surface area contributed by atoms with Gasteiger partial charge < -0.3 is 10.1 Å². The number of amides is 1. The minimum Gasteiger partial charge on any atom is -0.444 e. The lowest BCUT2D eigenvalue weighted by atomic mass is 10.2. The van der Waals surface area contributed by atoms with E-state index in [4.69, 9.17) is 4.74 Å². The summed E-state index contributed by atoms with van der Waals surface area (Å²) in [5.74, 6) is 0. The Morgan fingerprint density at radius 2 is 2.09 bits per heavy atom. The van der Waals surface area contributed by atoms with E-state index in [0.29, 0.717) is 6.54 Å². The molecule has 0 aromatic rings. The van der Waals surface area contributed by atoms with Crippen molar-refractivity contribution in [3.05, 3.63) is 0 Å². The largest absolute Gasteiger partial charge is 0.444 e. The molecular weight excluding hydrogens is 161 g/mol. The van der Waals surface area contributed by atoms with E-state index in [0.717, 1.165) is 6.16 Å². The maximum Gasteiger partial charge on any atom is 0.407 e. The fourth-order valence-electron chi connectivity index (χ4n) is 0.488. The van der Waals surface area contributed by atoms with Gasteiger partial charge in [0.25, 0.3) is 0 Å². The topological polar surface area (TPSA) is 38.3 Å². The van der Waals surface area contributed by atoms with Crippen LogP contribution in [0.4, 0.5) is 4.79 Å². The third kappa shape index (κ3) is 7.60. The zero-order chi connectivity index (χ0) is 8.91. The minimum absolute atomic E-state index is 0.347. The molecule has 3 nitrogen and oxygen atoms in total. The van der Waals surface area contributed by atoms with Gasteiger partial charge in [0.05, 0.1) is 0 Å². The van der Waals surface area contributed by atoms with Gasteiger partial charge >= 0.3 is 6.09 Å². The molecule has 0 aromatic heterocycles. The van der Waals surface area contributed by atoms with E-state index >= 15 is 0 Å². The highest BCUT2D eigenvalue weighted by Gasteiger charge is 2.14. The molecule has 66 valence electrons. The summed E-state index contributed by atoms with van der Waals surface area (Å²) in [6, 6.07) is 0. The zero-order valence-corrected chi connectivity index (χ0v) is 8.46. The molecule has 0 aromatic carbocycles. The van der Waals surface area contributed by atoms with Crippen LogP contribution in [0.3, 0.4) is 0 Å². The van der Waals surface area contributed by atoms with E-state index in [2.05, 4.69) is 14.6 Å². The van der Waals surface area contributed by atoms with E-state index in [1.54, 1.807) is 0 Å². The zero-order valence-electron chi connectivity index (χ0n) is 7.31. The van der Waals surface area contributed by atoms with Crippen molar-refractivity contribution in [2.45, 2.75) is 26.4 Å². The van der Waals surface area contributed by atoms with Crippen molar-refractivity contribution in [1.29, 1.82) is 0 Å². The molecule has 0 aliphatic heterocycles. The molecule has 0 aliphatic carbocycles. The highest BCUT2D eigenvalue weighted by Crippen LogP contribution is 2.05. The number of nitrogens with one attached hydrogen (secondary N) is 1. The van der Waals surface area contributed by atoms with Crippen molar-refractivity contribution in [1.82, 2.24) is 5.32 Å². The van der Waals surface area contributed by atoms with Crippen molar-refractivity contribution in [3.63, 3.8) is 0 Å². The summed E-state index contributed by atoms with van der Waals surface area (Å²) in [5.41, 5.74) is -0.398. The van der Waals surface area contributed by atoms with Gasteiger partial charge in [-0.15, -0.1) is 9.24 Å². The van der Waals surface area contributed by atoms with Gasteiger partial charge in [0.1, 0.15) is 5.60 Å². The van der Waals surface area contributed by atoms with Crippen LogP contribution >= 0.6 is 9.24 Å². The maximum atomic E-state index is 10.9. The number of hydrogen-bond acceptors (Lipinski definition) is 2. The van der Waals surface area contributed by atoms with Crippen LogP contribution in [0.1, 0.15) is 20.8 Å². The minimum atomic E-state index is -0.398. The average molecular weight is 177 g/mol. The molecule has 0 bridgehead atoms. The third-order valence-electron chi connectivity index (χ3n) is 0.813. The second-order valence-electron chi connectivity index (χ2n) is 3.22. The lowest BCUT2D eigenvalue weighted by Gasteiger charge is -2.19. The first-order valence-electron chi connectivity index (χ1n) is 3.62. The Morgan fingerprint density at radius 3 is 2.45 bits per heavy atom. The smallest absolute Gasteiger partial charge is 0.407 e. The van der Waals surface area contributed by atoms with Crippen molar-refractivity contribution in [3.8, 4) is 0 Å². The van der Waals surface area contributed by atoms with E-state index in [1.165, 1.54) is 0 Å². The second-order valence-corrected chi connectivity index (χ2v) is 3.79. The van der Waals surface area contributed by atoms with Gasteiger partial charge in [-0.3, -0.25) is 0 Å².